The van der Waals surface area contributed by atoms with E-state index in [0.29, 0.717) is 18.2 Å². The summed E-state index contributed by atoms with van der Waals surface area (Å²) in [5.74, 6) is 0.817. The molecule has 1 heterocycles. The van der Waals surface area contributed by atoms with E-state index in [1.807, 2.05) is 6.07 Å². The van der Waals surface area contributed by atoms with E-state index < -0.39 is 4.92 Å². The van der Waals surface area contributed by atoms with Gasteiger partial charge < -0.3 is 9.84 Å². The number of benzene rings is 1. The molecule has 0 saturated carbocycles. The van der Waals surface area contributed by atoms with Gasteiger partial charge in [0.1, 0.15) is 0 Å². The number of methoxy groups -OCH3 is 1. The lowest BCUT2D eigenvalue weighted by molar-refractivity contribution is -0.385. The highest BCUT2D eigenvalue weighted by atomic mass is 16.6. The van der Waals surface area contributed by atoms with Gasteiger partial charge in [-0.05, 0) is 43.4 Å². The molecule has 0 aromatic heterocycles. The summed E-state index contributed by atoms with van der Waals surface area (Å²) >= 11 is 0. The van der Waals surface area contributed by atoms with Gasteiger partial charge in [0.2, 0.25) is 0 Å². The Balaban J connectivity index is 2.05. The molecule has 6 heteroatoms. The van der Waals surface area contributed by atoms with E-state index in [1.54, 1.807) is 12.1 Å². The van der Waals surface area contributed by atoms with Gasteiger partial charge in [0.15, 0.2) is 5.75 Å². The van der Waals surface area contributed by atoms with Crippen molar-refractivity contribution in [1.29, 1.82) is 0 Å². The van der Waals surface area contributed by atoms with Crippen LogP contribution in [0.25, 0.3) is 0 Å². The van der Waals surface area contributed by atoms with Gasteiger partial charge in [-0.1, -0.05) is 6.07 Å². The predicted molar refractivity (Wildman–Crippen MR) is 79.4 cm³/mol. The molecule has 1 aromatic rings. The molecule has 1 saturated heterocycles. The average molecular weight is 294 g/mol. The van der Waals surface area contributed by atoms with Crippen LogP contribution in [0, 0.1) is 16.0 Å². The zero-order valence-electron chi connectivity index (χ0n) is 12.3. The van der Waals surface area contributed by atoms with Crippen molar-refractivity contribution in [2.24, 2.45) is 5.92 Å². The van der Waals surface area contributed by atoms with Crippen LogP contribution in [0.1, 0.15) is 24.8 Å². The molecule has 2 rings (SSSR count). The second-order valence-electron chi connectivity index (χ2n) is 5.52. The third kappa shape index (κ3) is 4.15. The van der Waals surface area contributed by atoms with Gasteiger partial charge in [0.25, 0.3) is 0 Å². The zero-order valence-corrected chi connectivity index (χ0v) is 12.3. The number of ether oxygens (including phenoxy) is 1. The van der Waals surface area contributed by atoms with Crippen molar-refractivity contribution >= 4 is 5.69 Å². The lowest BCUT2D eigenvalue weighted by atomic mass is 9.95. The van der Waals surface area contributed by atoms with E-state index in [1.165, 1.54) is 7.11 Å². The third-order valence-corrected chi connectivity index (χ3v) is 3.99. The summed E-state index contributed by atoms with van der Waals surface area (Å²) in [4.78, 5) is 12.9. The van der Waals surface area contributed by atoms with Gasteiger partial charge >= 0.3 is 5.69 Å². The molecule has 1 N–H and O–H groups in total. The lowest BCUT2D eigenvalue weighted by Crippen LogP contribution is -2.35. The molecule has 0 radical (unpaired) electrons. The van der Waals surface area contributed by atoms with Crippen LogP contribution in [-0.4, -0.2) is 41.7 Å². The fourth-order valence-electron chi connectivity index (χ4n) is 2.95. The minimum atomic E-state index is -0.410. The Morgan fingerprint density at radius 3 is 3.00 bits per heavy atom. The minimum absolute atomic E-state index is 0.0129. The number of aliphatic hydroxyl groups is 1. The molecular weight excluding hydrogens is 272 g/mol. The van der Waals surface area contributed by atoms with Crippen LogP contribution < -0.4 is 4.74 Å². The number of nitro benzene ring substituents is 1. The lowest BCUT2D eigenvalue weighted by Gasteiger charge is -2.32. The van der Waals surface area contributed by atoms with Crippen molar-refractivity contribution in [3.8, 4) is 5.75 Å². The van der Waals surface area contributed by atoms with Crippen molar-refractivity contribution in [2.45, 2.75) is 25.8 Å². The van der Waals surface area contributed by atoms with Crippen molar-refractivity contribution in [1.82, 2.24) is 4.90 Å². The maximum Gasteiger partial charge on any atom is 0.311 e. The Kier molecular flexibility index (Phi) is 5.52. The molecule has 0 spiro atoms. The number of hydrogen-bond donors (Lipinski definition) is 1. The van der Waals surface area contributed by atoms with Gasteiger partial charge in [0.05, 0.1) is 12.0 Å². The summed E-state index contributed by atoms with van der Waals surface area (Å²) in [6.07, 6.45) is 3.10. The first kappa shape index (κ1) is 15.7. The van der Waals surface area contributed by atoms with Crippen LogP contribution in [0.15, 0.2) is 18.2 Å². The summed E-state index contributed by atoms with van der Waals surface area (Å²) in [5.41, 5.74) is 0.936. The molecule has 1 atom stereocenters. The summed E-state index contributed by atoms with van der Waals surface area (Å²) in [7, 11) is 1.44. The Hall–Kier alpha value is -1.66. The minimum Gasteiger partial charge on any atom is -0.490 e. The van der Waals surface area contributed by atoms with Crippen LogP contribution >= 0.6 is 0 Å². The Labute approximate surface area is 124 Å². The van der Waals surface area contributed by atoms with Crippen LogP contribution in [0.5, 0.6) is 5.75 Å². The molecule has 21 heavy (non-hydrogen) atoms. The highest BCUT2D eigenvalue weighted by molar-refractivity contribution is 5.48. The van der Waals surface area contributed by atoms with Gasteiger partial charge in [-0.15, -0.1) is 0 Å². The molecular formula is C15H22N2O4. The zero-order chi connectivity index (χ0) is 15.2. The molecule has 1 unspecified atom stereocenters. The monoisotopic (exact) mass is 294 g/mol. The number of nitro groups is 1. The van der Waals surface area contributed by atoms with Crippen molar-refractivity contribution in [3.05, 3.63) is 33.9 Å². The highest BCUT2D eigenvalue weighted by Gasteiger charge is 2.21. The molecule has 0 bridgehead atoms. The van der Waals surface area contributed by atoms with E-state index in [-0.39, 0.29) is 12.3 Å². The van der Waals surface area contributed by atoms with Gasteiger partial charge in [-0.2, -0.15) is 0 Å². The third-order valence-electron chi connectivity index (χ3n) is 3.99. The summed E-state index contributed by atoms with van der Waals surface area (Å²) in [6, 6.07) is 5.12. The van der Waals surface area contributed by atoms with E-state index in [9.17, 15) is 10.1 Å². The maximum atomic E-state index is 11.0. The SMILES string of the molecule is COc1ccc(CN2CCCC(CCO)C2)cc1[N+](=O)[O-]. The smallest absolute Gasteiger partial charge is 0.311 e. The first-order valence-electron chi connectivity index (χ1n) is 7.28. The standard InChI is InChI=1S/C15H22N2O4/c1-21-15-5-4-13(9-14(15)17(19)20)11-16-7-2-3-12(10-16)6-8-18/h4-5,9,12,18H,2-3,6-8,10-11H2,1H3. The van der Waals surface area contributed by atoms with Crippen molar-refractivity contribution in [2.75, 3.05) is 26.8 Å². The van der Waals surface area contributed by atoms with Crippen LogP contribution in [0.2, 0.25) is 0 Å². The normalized spacial score (nSPS) is 19.4. The Bertz CT molecular complexity index is 491. The Morgan fingerprint density at radius 1 is 1.52 bits per heavy atom. The molecule has 1 aliphatic heterocycles. The molecule has 0 aliphatic carbocycles. The second-order valence-corrected chi connectivity index (χ2v) is 5.52. The van der Waals surface area contributed by atoms with Gasteiger partial charge in [-0.3, -0.25) is 15.0 Å². The number of nitrogens with zero attached hydrogens (tertiary/aromatic N) is 2. The molecule has 6 nitrogen and oxygen atoms in total. The first-order chi connectivity index (χ1) is 10.1. The molecule has 116 valence electrons. The number of aliphatic hydroxyl groups excluding tert-OH is 1. The second kappa shape index (κ2) is 7.38. The number of likely N-dealkylation sites (tertiary alicyclic amines) is 1. The fourth-order valence-corrected chi connectivity index (χ4v) is 2.95. The maximum absolute atomic E-state index is 11.0. The predicted octanol–water partition coefficient (Wildman–Crippen LogP) is 2.20. The molecule has 1 aromatic carbocycles. The van der Waals surface area contributed by atoms with Crippen molar-refractivity contribution < 1.29 is 14.8 Å². The molecule has 0 amide bonds. The fraction of sp³-hybridized carbons (Fsp3) is 0.600. The summed E-state index contributed by atoms with van der Waals surface area (Å²) in [5, 5.41) is 20.1. The van der Waals surface area contributed by atoms with Gasteiger partial charge in [0, 0.05) is 25.8 Å². The van der Waals surface area contributed by atoms with Crippen LogP contribution in [0.3, 0.4) is 0 Å². The Morgan fingerprint density at radius 2 is 2.33 bits per heavy atom. The quantitative estimate of drug-likeness (QED) is 0.643. The van der Waals surface area contributed by atoms with Crippen LogP contribution in [0.4, 0.5) is 5.69 Å². The number of piperidine rings is 1. The molecule has 1 fully saturated rings. The first-order valence-corrected chi connectivity index (χ1v) is 7.28. The van der Waals surface area contributed by atoms with Gasteiger partial charge in [-0.25, -0.2) is 0 Å². The van der Waals surface area contributed by atoms with E-state index in [2.05, 4.69) is 4.90 Å². The molecule has 1 aliphatic rings. The number of rotatable bonds is 6. The summed E-state index contributed by atoms with van der Waals surface area (Å²) < 4.78 is 5.02. The van der Waals surface area contributed by atoms with Crippen LogP contribution in [-0.2, 0) is 6.54 Å². The van der Waals surface area contributed by atoms with Crippen molar-refractivity contribution in [3.63, 3.8) is 0 Å². The summed E-state index contributed by atoms with van der Waals surface area (Å²) in [6.45, 7) is 2.88. The van der Waals surface area contributed by atoms with E-state index in [4.69, 9.17) is 9.84 Å². The highest BCUT2D eigenvalue weighted by Crippen LogP contribution is 2.29. The number of hydrogen-bond acceptors (Lipinski definition) is 5. The topological polar surface area (TPSA) is 75.8 Å². The van der Waals surface area contributed by atoms with E-state index >= 15 is 0 Å². The largest absolute Gasteiger partial charge is 0.490 e. The van der Waals surface area contributed by atoms with E-state index in [0.717, 1.165) is 37.9 Å². The average Bonchev–Trinajstić information content (AvgIpc) is 2.48.